The Morgan fingerprint density at radius 1 is 1.22 bits per heavy atom. The summed E-state index contributed by atoms with van der Waals surface area (Å²) in [6.07, 6.45) is 1.62. The molecule has 0 bridgehead atoms. The molecule has 2 aromatic heterocycles. The summed E-state index contributed by atoms with van der Waals surface area (Å²) in [6, 6.07) is 10.6. The van der Waals surface area contributed by atoms with E-state index in [0.29, 0.717) is 0 Å². The van der Waals surface area contributed by atoms with Crippen LogP contribution in [0.2, 0.25) is 0 Å². The fourth-order valence-corrected chi connectivity index (χ4v) is 2.37. The van der Waals surface area contributed by atoms with Crippen LogP contribution in [-0.4, -0.2) is 19.3 Å². The topological polar surface area (TPSA) is 35.6 Å². The van der Waals surface area contributed by atoms with Crippen molar-refractivity contribution in [2.24, 2.45) is 0 Å². The standard InChI is InChI=1S/C14H16N4/c1-3-18-14(15-10-16-18)9-17-11(2)8-12-6-4-5-7-13(12)17/h4-8,10H,3,9H2,1-2H3. The third-order valence-corrected chi connectivity index (χ3v) is 3.31. The lowest BCUT2D eigenvalue weighted by Crippen LogP contribution is -2.09. The molecule has 0 amide bonds. The Kier molecular flexibility index (Phi) is 2.63. The van der Waals surface area contributed by atoms with E-state index in [2.05, 4.69) is 58.8 Å². The molecule has 0 saturated carbocycles. The Morgan fingerprint density at radius 2 is 2.06 bits per heavy atom. The highest BCUT2D eigenvalue weighted by Gasteiger charge is 2.09. The van der Waals surface area contributed by atoms with Crippen molar-refractivity contribution < 1.29 is 0 Å². The molecule has 0 N–H and O–H groups in total. The van der Waals surface area contributed by atoms with Gasteiger partial charge in [0, 0.05) is 17.8 Å². The smallest absolute Gasteiger partial charge is 0.146 e. The number of hydrogen-bond acceptors (Lipinski definition) is 2. The van der Waals surface area contributed by atoms with E-state index < -0.39 is 0 Å². The van der Waals surface area contributed by atoms with Gasteiger partial charge >= 0.3 is 0 Å². The molecule has 0 fully saturated rings. The first-order valence-corrected chi connectivity index (χ1v) is 6.21. The van der Waals surface area contributed by atoms with Gasteiger partial charge in [0.05, 0.1) is 6.54 Å². The van der Waals surface area contributed by atoms with E-state index in [1.54, 1.807) is 6.33 Å². The number of aromatic nitrogens is 4. The van der Waals surface area contributed by atoms with Gasteiger partial charge in [0.15, 0.2) is 0 Å². The summed E-state index contributed by atoms with van der Waals surface area (Å²) in [5, 5.41) is 5.49. The van der Waals surface area contributed by atoms with Crippen molar-refractivity contribution in [2.45, 2.75) is 26.9 Å². The molecular formula is C14H16N4. The van der Waals surface area contributed by atoms with Gasteiger partial charge in [-0.2, -0.15) is 5.10 Å². The van der Waals surface area contributed by atoms with Crippen LogP contribution in [0, 0.1) is 6.92 Å². The second-order valence-electron chi connectivity index (χ2n) is 4.42. The highest BCUT2D eigenvalue weighted by atomic mass is 15.3. The maximum Gasteiger partial charge on any atom is 0.146 e. The average molecular weight is 240 g/mol. The normalized spacial score (nSPS) is 11.2. The Labute approximate surface area is 106 Å². The van der Waals surface area contributed by atoms with Crippen LogP contribution in [0.1, 0.15) is 18.4 Å². The van der Waals surface area contributed by atoms with E-state index in [9.17, 15) is 0 Å². The van der Waals surface area contributed by atoms with Gasteiger partial charge in [-0.25, -0.2) is 9.67 Å². The summed E-state index contributed by atoms with van der Waals surface area (Å²) in [5.74, 6) is 1.00. The van der Waals surface area contributed by atoms with E-state index in [0.717, 1.165) is 18.9 Å². The SMILES string of the molecule is CCn1ncnc1Cn1c(C)cc2ccccc21. The van der Waals surface area contributed by atoms with Crippen molar-refractivity contribution in [2.75, 3.05) is 0 Å². The maximum atomic E-state index is 4.34. The van der Waals surface area contributed by atoms with Crippen molar-refractivity contribution >= 4 is 10.9 Å². The Morgan fingerprint density at radius 3 is 2.89 bits per heavy atom. The zero-order valence-corrected chi connectivity index (χ0v) is 10.7. The third-order valence-electron chi connectivity index (χ3n) is 3.31. The van der Waals surface area contributed by atoms with Crippen LogP contribution in [0.15, 0.2) is 36.7 Å². The molecule has 3 rings (SSSR count). The van der Waals surface area contributed by atoms with Gasteiger partial charge in [-0.05, 0) is 31.4 Å². The first-order valence-electron chi connectivity index (χ1n) is 6.21. The van der Waals surface area contributed by atoms with E-state index in [-0.39, 0.29) is 0 Å². The lowest BCUT2D eigenvalue weighted by atomic mass is 10.2. The molecule has 0 saturated heterocycles. The van der Waals surface area contributed by atoms with E-state index in [4.69, 9.17) is 0 Å². The second-order valence-corrected chi connectivity index (χ2v) is 4.42. The molecular weight excluding hydrogens is 224 g/mol. The van der Waals surface area contributed by atoms with Gasteiger partial charge < -0.3 is 4.57 Å². The molecule has 92 valence electrons. The Bertz CT molecular complexity index is 678. The minimum Gasteiger partial charge on any atom is -0.337 e. The van der Waals surface area contributed by atoms with E-state index >= 15 is 0 Å². The summed E-state index contributed by atoms with van der Waals surface area (Å²) < 4.78 is 4.22. The lowest BCUT2D eigenvalue weighted by molar-refractivity contribution is 0.594. The number of rotatable bonds is 3. The predicted molar refractivity (Wildman–Crippen MR) is 71.5 cm³/mol. The second kappa shape index (κ2) is 4.29. The summed E-state index contributed by atoms with van der Waals surface area (Å²) in [4.78, 5) is 4.34. The zero-order valence-electron chi connectivity index (χ0n) is 10.7. The molecule has 0 atom stereocenters. The van der Waals surface area contributed by atoms with Crippen LogP contribution in [0.25, 0.3) is 10.9 Å². The van der Waals surface area contributed by atoms with Gasteiger partial charge in [0.2, 0.25) is 0 Å². The Balaban J connectivity index is 2.07. The molecule has 0 unspecified atom stereocenters. The van der Waals surface area contributed by atoms with Gasteiger partial charge in [0.1, 0.15) is 12.2 Å². The molecule has 3 aromatic rings. The van der Waals surface area contributed by atoms with Gasteiger partial charge in [0.25, 0.3) is 0 Å². The van der Waals surface area contributed by atoms with Gasteiger partial charge in [-0.1, -0.05) is 18.2 Å². The third kappa shape index (κ3) is 1.70. The van der Waals surface area contributed by atoms with Crippen LogP contribution >= 0.6 is 0 Å². The van der Waals surface area contributed by atoms with Crippen LogP contribution in [0.3, 0.4) is 0 Å². The minimum absolute atomic E-state index is 0.771. The largest absolute Gasteiger partial charge is 0.337 e. The predicted octanol–water partition coefficient (Wildman–Crippen LogP) is 2.61. The van der Waals surface area contributed by atoms with Crippen LogP contribution in [0.4, 0.5) is 0 Å². The molecule has 0 radical (unpaired) electrons. The molecule has 2 heterocycles. The number of hydrogen-bond donors (Lipinski definition) is 0. The fraction of sp³-hybridized carbons (Fsp3) is 0.286. The molecule has 0 spiro atoms. The van der Waals surface area contributed by atoms with Crippen LogP contribution in [-0.2, 0) is 13.1 Å². The first-order chi connectivity index (χ1) is 8.79. The zero-order chi connectivity index (χ0) is 12.5. The summed E-state index contributed by atoms with van der Waals surface area (Å²) >= 11 is 0. The minimum atomic E-state index is 0.771. The quantitative estimate of drug-likeness (QED) is 0.705. The molecule has 1 aromatic carbocycles. The van der Waals surface area contributed by atoms with Crippen molar-refractivity contribution in [3.63, 3.8) is 0 Å². The number of para-hydroxylation sites is 1. The van der Waals surface area contributed by atoms with E-state index in [1.165, 1.54) is 16.6 Å². The maximum absolute atomic E-state index is 4.34. The molecule has 18 heavy (non-hydrogen) atoms. The van der Waals surface area contributed by atoms with Crippen molar-refractivity contribution in [1.82, 2.24) is 19.3 Å². The molecule has 0 aliphatic rings. The molecule has 0 aliphatic carbocycles. The van der Waals surface area contributed by atoms with Crippen molar-refractivity contribution in [3.8, 4) is 0 Å². The van der Waals surface area contributed by atoms with Crippen LogP contribution < -0.4 is 0 Å². The summed E-state index contributed by atoms with van der Waals surface area (Å²) in [5.41, 5.74) is 2.50. The van der Waals surface area contributed by atoms with Gasteiger partial charge in [-0.15, -0.1) is 0 Å². The number of aryl methyl sites for hydroxylation is 2. The number of benzene rings is 1. The highest BCUT2D eigenvalue weighted by molar-refractivity contribution is 5.81. The Hall–Kier alpha value is -2.10. The highest BCUT2D eigenvalue weighted by Crippen LogP contribution is 2.20. The van der Waals surface area contributed by atoms with E-state index in [1.807, 2.05) is 4.68 Å². The summed E-state index contributed by atoms with van der Waals surface area (Å²) in [7, 11) is 0. The molecule has 4 nitrogen and oxygen atoms in total. The number of nitrogens with zero attached hydrogens (tertiary/aromatic N) is 4. The average Bonchev–Trinajstić information content (AvgIpc) is 2.95. The number of fused-ring (bicyclic) bond motifs is 1. The lowest BCUT2D eigenvalue weighted by Gasteiger charge is -2.08. The summed E-state index contributed by atoms with van der Waals surface area (Å²) in [6.45, 7) is 5.84. The molecule has 0 aliphatic heterocycles. The fourth-order valence-electron chi connectivity index (χ4n) is 2.37. The van der Waals surface area contributed by atoms with Crippen molar-refractivity contribution in [3.05, 3.63) is 48.2 Å². The van der Waals surface area contributed by atoms with Crippen molar-refractivity contribution in [1.29, 1.82) is 0 Å². The monoisotopic (exact) mass is 240 g/mol. The van der Waals surface area contributed by atoms with Gasteiger partial charge in [-0.3, -0.25) is 0 Å². The first kappa shape index (κ1) is 11.0. The molecule has 4 heteroatoms. The van der Waals surface area contributed by atoms with Crippen LogP contribution in [0.5, 0.6) is 0 Å².